The minimum absolute atomic E-state index is 0.146. The SMILES string of the molecule is C[C@H](O)Cn1ccc(-c2cncc([C@@]34CC[C@@H](c5cc(-c6c(F)cccc6F)nnc53)C4(C)C)n2)n1. The van der Waals surface area contributed by atoms with Crippen LogP contribution in [0.2, 0.25) is 0 Å². The zero-order valence-electron chi connectivity index (χ0n) is 20.3. The second kappa shape index (κ2) is 7.96. The molecule has 0 radical (unpaired) electrons. The Bertz CT molecular complexity index is 1460. The number of aliphatic hydroxyl groups is 1. The van der Waals surface area contributed by atoms with Gasteiger partial charge in [0.1, 0.15) is 23.0 Å². The number of rotatable bonds is 5. The van der Waals surface area contributed by atoms with Crippen molar-refractivity contribution in [1.29, 1.82) is 0 Å². The zero-order chi connectivity index (χ0) is 25.2. The van der Waals surface area contributed by atoms with E-state index in [4.69, 9.17) is 4.98 Å². The second-order valence-electron chi connectivity index (χ2n) is 10.4. The van der Waals surface area contributed by atoms with Gasteiger partial charge in [0, 0.05) is 12.4 Å². The lowest BCUT2D eigenvalue weighted by atomic mass is 9.66. The van der Waals surface area contributed by atoms with E-state index in [0.717, 1.165) is 29.8 Å². The van der Waals surface area contributed by atoms with E-state index in [9.17, 15) is 13.9 Å². The van der Waals surface area contributed by atoms with Gasteiger partial charge in [-0.3, -0.25) is 9.67 Å². The summed E-state index contributed by atoms with van der Waals surface area (Å²) in [6.45, 7) is 6.49. The molecule has 0 saturated heterocycles. The lowest BCUT2D eigenvalue weighted by molar-refractivity contribution is 0.168. The molecule has 184 valence electrons. The highest BCUT2D eigenvalue weighted by atomic mass is 19.1. The third-order valence-corrected chi connectivity index (χ3v) is 8.03. The van der Waals surface area contributed by atoms with Crippen LogP contribution in [0.15, 0.2) is 48.9 Å². The molecule has 1 saturated carbocycles. The van der Waals surface area contributed by atoms with Crippen molar-refractivity contribution in [3.05, 3.63) is 77.5 Å². The van der Waals surface area contributed by atoms with Crippen LogP contribution in [0.3, 0.4) is 0 Å². The van der Waals surface area contributed by atoms with E-state index in [1.165, 1.54) is 18.2 Å². The summed E-state index contributed by atoms with van der Waals surface area (Å²) in [5, 5.41) is 23.1. The Kier molecular flexibility index (Phi) is 5.05. The summed E-state index contributed by atoms with van der Waals surface area (Å²) in [7, 11) is 0. The van der Waals surface area contributed by atoms with Gasteiger partial charge in [-0.25, -0.2) is 13.8 Å². The van der Waals surface area contributed by atoms with Gasteiger partial charge in [-0.05, 0) is 60.9 Å². The zero-order valence-corrected chi connectivity index (χ0v) is 20.3. The lowest BCUT2D eigenvalue weighted by Gasteiger charge is -2.37. The minimum Gasteiger partial charge on any atom is -0.391 e. The van der Waals surface area contributed by atoms with Gasteiger partial charge in [0.25, 0.3) is 0 Å². The fourth-order valence-corrected chi connectivity index (χ4v) is 6.32. The molecule has 0 unspecified atom stereocenters. The van der Waals surface area contributed by atoms with Gasteiger partial charge in [-0.2, -0.15) is 10.2 Å². The van der Waals surface area contributed by atoms with Crippen LogP contribution < -0.4 is 0 Å². The molecule has 2 aliphatic carbocycles. The number of benzene rings is 1. The first-order valence-electron chi connectivity index (χ1n) is 12.1. The Morgan fingerprint density at radius 3 is 2.61 bits per heavy atom. The fourth-order valence-electron chi connectivity index (χ4n) is 6.32. The normalized spacial score (nSPS) is 22.6. The summed E-state index contributed by atoms with van der Waals surface area (Å²) in [5.74, 6) is -1.17. The van der Waals surface area contributed by atoms with E-state index >= 15 is 0 Å². The number of nitrogens with zero attached hydrogens (tertiary/aromatic N) is 6. The summed E-state index contributed by atoms with van der Waals surface area (Å²) < 4.78 is 30.7. The third kappa shape index (κ3) is 3.15. The molecular weight excluding hydrogens is 462 g/mol. The lowest BCUT2D eigenvalue weighted by Crippen LogP contribution is -2.38. The van der Waals surface area contributed by atoms with Crippen LogP contribution in [-0.4, -0.2) is 41.2 Å². The summed E-state index contributed by atoms with van der Waals surface area (Å²) in [4.78, 5) is 9.51. The molecule has 1 fully saturated rings. The highest BCUT2D eigenvalue weighted by molar-refractivity contribution is 5.64. The van der Waals surface area contributed by atoms with E-state index in [1.54, 1.807) is 30.1 Å². The molecule has 3 heterocycles. The van der Waals surface area contributed by atoms with E-state index in [0.29, 0.717) is 17.9 Å². The maximum absolute atomic E-state index is 14.5. The van der Waals surface area contributed by atoms with Gasteiger partial charge in [-0.15, -0.1) is 5.10 Å². The van der Waals surface area contributed by atoms with Crippen LogP contribution in [0, 0.1) is 17.0 Å². The number of halogens is 2. The Balaban J connectivity index is 1.46. The van der Waals surface area contributed by atoms with Crippen molar-refractivity contribution in [2.24, 2.45) is 5.41 Å². The smallest absolute Gasteiger partial charge is 0.135 e. The average Bonchev–Trinajstić information content (AvgIpc) is 3.46. The predicted octanol–water partition coefficient (Wildman–Crippen LogP) is 4.66. The summed E-state index contributed by atoms with van der Waals surface area (Å²) in [5.41, 5.74) is 3.12. The molecule has 2 aliphatic rings. The van der Waals surface area contributed by atoms with E-state index < -0.39 is 23.2 Å². The van der Waals surface area contributed by atoms with Crippen molar-refractivity contribution in [2.75, 3.05) is 0 Å². The Hall–Kier alpha value is -3.59. The van der Waals surface area contributed by atoms with Gasteiger partial charge in [-0.1, -0.05) is 19.9 Å². The van der Waals surface area contributed by atoms with Crippen LogP contribution in [0.4, 0.5) is 8.78 Å². The number of hydrogen-bond acceptors (Lipinski definition) is 6. The van der Waals surface area contributed by atoms with Crippen LogP contribution in [0.25, 0.3) is 22.6 Å². The molecule has 0 aliphatic heterocycles. The Morgan fingerprint density at radius 2 is 1.86 bits per heavy atom. The highest BCUT2D eigenvalue weighted by Gasteiger charge is 2.65. The monoisotopic (exact) mass is 488 g/mol. The largest absolute Gasteiger partial charge is 0.391 e. The van der Waals surface area contributed by atoms with Gasteiger partial charge in [0.05, 0.1) is 46.9 Å². The third-order valence-electron chi connectivity index (χ3n) is 8.03. The number of hydrogen-bond donors (Lipinski definition) is 1. The Morgan fingerprint density at radius 1 is 1.08 bits per heavy atom. The number of aromatic nitrogens is 6. The number of fused-ring (bicyclic) bond motifs is 5. The van der Waals surface area contributed by atoms with E-state index in [-0.39, 0.29) is 22.6 Å². The van der Waals surface area contributed by atoms with Gasteiger partial charge in [0.15, 0.2) is 0 Å². The Labute approximate surface area is 207 Å². The van der Waals surface area contributed by atoms with Crippen LogP contribution in [0.5, 0.6) is 0 Å². The second-order valence-corrected chi connectivity index (χ2v) is 10.4. The molecule has 1 N–H and O–H groups in total. The first-order chi connectivity index (χ1) is 17.2. The van der Waals surface area contributed by atoms with Crippen molar-refractivity contribution in [2.45, 2.75) is 57.6 Å². The molecule has 3 aromatic heterocycles. The molecule has 4 aromatic rings. The van der Waals surface area contributed by atoms with Crippen molar-refractivity contribution < 1.29 is 13.9 Å². The topological polar surface area (TPSA) is 89.6 Å². The summed E-state index contributed by atoms with van der Waals surface area (Å²) >= 11 is 0. The van der Waals surface area contributed by atoms with Gasteiger partial charge in [0.2, 0.25) is 0 Å². The van der Waals surface area contributed by atoms with Crippen LogP contribution in [-0.2, 0) is 12.0 Å². The van der Waals surface area contributed by atoms with Crippen LogP contribution in [0.1, 0.15) is 56.5 Å². The molecule has 6 rings (SSSR count). The summed E-state index contributed by atoms with van der Waals surface area (Å²) in [6.07, 6.45) is 6.49. The molecule has 1 aromatic carbocycles. The molecule has 0 spiro atoms. The number of aliphatic hydroxyl groups excluding tert-OH is 1. The van der Waals surface area contributed by atoms with Crippen molar-refractivity contribution in [3.63, 3.8) is 0 Å². The van der Waals surface area contributed by atoms with E-state index in [1.807, 2.05) is 12.3 Å². The van der Waals surface area contributed by atoms with Gasteiger partial charge < -0.3 is 5.11 Å². The standard InChI is InChI=1S/C27H26F2N6O/c1-15(36)14-35-10-8-20(34-35)22-12-30-13-23(31-22)27-9-7-17(26(27,2)3)16-11-21(32-33-25(16)27)24-18(28)5-4-6-19(24)29/h4-6,8,10-13,15,17,36H,7,9,14H2,1-3H3/t15-,17-,27-/m0/s1. The van der Waals surface area contributed by atoms with E-state index in [2.05, 4.69) is 34.1 Å². The molecule has 0 amide bonds. The molecule has 9 heteroatoms. The average molecular weight is 489 g/mol. The van der Waals surface area contributed by atoms with Crippen molar-refractivity contribution >= 4 is 0 Å². The van der Waals surface area contributed by atoms with Crippen molar-refractivity contribution in [1.82, 2.24) is 29.9 Å². The fraction of sp³-hybridized carbons (Fsp3) is 0.370. The molecule has 36 heavy (non-hydrogen) atoms. The van der Waals surface area contributed by atoms with Crippen LogP contribution >= 0.6 is 0 Å². The van der Waals surface area contributed by atoms with Gasteiger partial charge >= 0.3 is 0 Å². The molecular formula is C27H26F2N6O. The highest BCUT2D eigenvalue weighted by Crippen LogP contribution is 2.69. The molecule has 3 atom stereocenters. The quantitative estimate of drug-likeness (QED) is 0.440. The molecule has 7 nitrogen and oxygen atoms in total. The maximum atomic E-state index is 14.5. The summed E-state index contributed by atoms with van der Waals surface area (Å²) in [6, 6.07) is 7.46. The first-order valence-corrected chi connectivity index (χ1v) is 12.1. The predicted molar refractivity (Wildman–Crippen MR) is 129 cm³/mol. The van der Waals surface area contributed by atoms with Crippen molar-refractivity contribution in [3.8, 4) is 22.6 Å². The first kappa shape index (κ1) is 22.8. The minimum atomic E-state index is -0.657. The molecule has 2 bridgehead atoms. The maximum Gasteiger partial charge on any atom is 0.135 e.